The van der Waals surface area contributed by atoms with E-state index in [9.17, 15) is 0 Å². The van der Waals surface area contributed by atoms with Crippen LogP contribution in [0, 0.1) is 5.92 Å². The van der Waals surface area contributed by atoms with Gasteiger partial charge in [0, 0.05) is 0 Å². The number of rotatable bonds is 5. The van der Waals surface area contributed by atoms with Crippen molar-refractivity contribution < 1.29 is 0 Å². The van der Waals surface area contributed by atoms with Gasteiger partial charge in [-0.15, -0.1) is 0 Å². The average molecular weight is 152 g/mol. The van der Waals surface area contributed by atoms with Gasteiger partial charge in [-0.25, -0.2) is 0 Å². The SMILES string of the molecule is C/C=C/C=C/C(C)CCCC. The summed E-state index contributed by atoms with van der Waals surface area (Å²) in [7, 11) is 0. The van der Waals surface area contributed by atoms with E-state index in [-0.39, 0.29) is 0 Å². The van der Waals surface area contributed by atoms with Gasteiger partial charge in [-0.2, -0.15) is 0 Å². The van der Waals surface area contributed by atoms with Crippen molar-refractivity contribution in [1.82, 2.24) is 0 Å². The number of allylic oxidation sites excluding steroid dienone is 4. The van der Waals surface area contributed by atoms with Crippen LogP contribution in [0.25, 0.3) is 0 Å². The summed E-state index contributed by atoms with van der Waals surface area (Å²) in [5, 5.41) is 0. The minimum atomic E-state index is 0.742. The Morgan fingerprint density at radius 3 is 2.55 bits per heavy atom. The first-order valence-corrected chi connectivity index (χ1v) is 4.60. The molecule has 0 N–H and O–H groups in total. The van der Waals surface area contributed by atoms with E-state index in [0.29, 0.717) is 0 Å². The molecule has 11 heavy (non-hydrogen) atoms. The summed E-state index contributed by atoms with van der Waals surface area (Å²) in [5.74, 6) is 0.742. The highest BCUT2D eigenvalue weighted by Crippen LogP contribution is 2.08. The van der Waals surface area contributed by atoms with Gasteiger partial charge in [0.15, 0.2) is 0 Å². The largest absolute Gasteiger partial charge is 0.0877 e. The molecule has 64 valence electrons. The van der Waals surface area contributed by atoms with E-state index in [1.165, 1.54) is 19.3 Å². The summed E-state index contributed by atoms with van der Waals surface area (Å²) in [6, 6.07) is 0. The Hall–Kier alpha value is -0.520. The topological polar surface area (TPSA) is 0 Å². The third-order valence-electron chi connectivity index (χ3n) is 1.76. The molecule has 0 aromatic carbocycles. The molecule has 0 nitrogen and oxygen atoms in total. The first kappa shape index (κ1) is 10.5. The van der Waals surface area contributed by atoms with Crippen LogP contribution in [0.2, 0.25) is 0 Å². The highest BCUT2D eigenvalue weighted by Gasteiger charge is 1.93. The Morgan fingerprint density at radius 2 is 2.00 bits per heavy atom. The second kappa shape index (κ2) is 7.59. The van der Waals surface area contributed by atoms with E-state index >= 15 is 0 Å². The van der Waals surface area contributed by atoms with Gasteiger partial charge < -0.3 is 0 Å². The standard InChI is InChI=1S/C11H20/c1-4-6-8-10-11(3)9-7-5-2/h4,6,8,10-11H,5,7,9H2,1-3H3/b6-4+,10-8+. The number of hydrogen-bond acceptors (Lipinski definition) is 0. The third-order valence-corrected chi connectivity index (χ3v) is 1.76. The van der Waals surface area contributed by atoms with Crippen LogP contribution in [-0.4, -0.2) is 0 Å². The van der Waals surface area contributed by atoms with Gasteiger partial charge in [0.25, 0.3) is 0 Å². The summed E-state index contributed by atoms with van der Waals surface area (Å²) in [6.07, 6.45) is 12.5. The van der Waals surface area contributed by atoms with E-state index in [0.717, 1.165) is 5.92 Å². The maximum atomic E-state index is 2.27. The Bertz CT molecular complexity index is 120. The molecule has 0 aromatic rings. The monoisotopic (exact) mass is 152 g/mol. The molecule has 0 saturated heterocycles. The molecule has 1 atom stereocenters. The Kier molecular flexibility index (Phi) is 7.23. The average Bonchev–Trinajstić information content (AvgIpc) is 2.01. The fraction of sp³-hybridized carbons (Fsp3) is 0.636. The summed E-state index contributed by atoms with van der Waals surface area (Å²) in [4.78, 5) is 0. The van der Waals surface area contributed by atoms with E-state index < -0.39 is 0 Å². The van der Waals surface area contributed by atoms with Gasteiger partial charge >= 0.3 is 0 Å². The van der Waals surface area contributed by atoms with Crippen molar-refractivity contribution in [2.75, 3.05) is 0 Å². The lowest BCUT2D eigenvalue weighted by Gasteiger charge is -2.02. The Morgan fingerprint density at radius 1 is 1.27 bits per heavy atom. The zero-order valence-electron chi connectivity index (χ0n) is 8.01. The minimum Gasteiger partial charge on any atom is -0.0877 e. The summed E-state index contributed by atoms with van der Waals surface area (Å²) in [6.45, 7) is 6.55. The van der Waals surface area contributed by atoms with Crippen LogP contribution in [0.5, 0.6) is 0 Å². The second-order valence-electron chi connectivity index (χ2n) is 3.03. The van der Waals surface area contributed by atoms with Crippen molar-refractivity contribution in [3.63, 3.8) is 0 Å². The van der Waals surface area contributed by atoms with E-state index in [2.05, 4.69) is 38.2 Å². The molecule has 0 spiro atoms. The second-order valence-corrected chi connectivity index (χ2v) is 3.03. The van der Waals surface area contributed by atoms with E-state index in [4.69, 9.17) is 0 Å². The molecule has 0 bridgehead atoms. The van der Waals surface area contributed by atoms with Crippen molar-refractivity contribution in [3.8, 4) is 0 Å². The first-order chi connectivity index (χ1) is 5.31. The highest BCUT2D eigenvalue weighted by molar-refractivity contribution is 5.02. The Balaban J connectivity index is 3.42. The van der Waals surface area contributed by atoms with Crippen molar-refractivity contribution in [3.05, 3.63) is 24.3 Å². The maximum absolute atomic E-state index is 2.27. The predicted molar refractivity (Wildman–Crippen MR) is 52.6 cm³/mol. The summed E-state index contributed by atoms with van der Waals surface area (Å²) >= 11 is 0. The Labute approximate surface area is 71.0 Å². The predicted octanol–water partition coefficient (Wildman–Crippen LogP) is 3.95. The fourth-order valence-electron chi connectivity index (χ4n) is 0.987. The zero-order chi connectivity index (χ0) is 8.53. The van der Waals surface area contributed by atoms with E-state index in [1.54, 1.807) is 0 Å². The van der Waals surface area contributed by atoms with Crippen LogP contribution in [-0.2, 0) is 0 Å². The van der Waals surface area contributed by atoms with Crippen molar-refractivity contribution >= 4 is 0 Å². The van der Waals surface area contributed by atoms with Crippen LogP contribution < -0.4 is 0 Å². The fourth-order valence-corrected chi connectivity index (χ4v) is 0.987. The molecule has 0 aromatic heterocycles. The van der Waals surface area contributed by atoms with Crippen molar-refractivity contribution in [1.29, 1.82) is 0 Å². The van der Waals surface area contributed by atoms with Gasteiger partial charge in [-0.05, 0) is 19.3 Å². The molecular weight excluding hydrogens is 132 g/mol. The molecule has 0 aliphatic carbocycles. The molecule has 0 aliphatic heterocycles. The van der Waals surface area contributed by atoms with Crippen LogP contribution >= 0.6 is 0 Å². The van der Waals surface area contributed by atoms with E-state index in [1.807, 2.05) is 6.92 Å². The molecule has 0 heterocycles. The van der Waals surface area contributed by atoms with Crippen molar-refractivity contribution in [2.45, 2.75) is 40.0 Å². The lowest BCUT2D eigenvalue weighted by atomic mass is 10.0. The van der Waals surface area contributed by atoms with Gasteiger partial charge in [0.2, 0.25) is 0 Å². The summed E-state index contributed by atoms with van der Waals surface area (Å²) < 4.78 is 0. The number of hydrogen-bond donors (Lipinski definition) is 0. The van der Waals surface area contributed by atoms with Gasteiger partial charge in [0.05, 0.1) is 0 Å². The molecular formula is C11H20. The first-order valence-electron chi connectivity index (χ1n) is 4.60. The minimum absolute atomic E-state index is 0.742. The lowest BCUT2D eigenvalue weighted by molar-refractivity contribution is 0.598. The van der Waals surface area contributed by atoms with Gasteiger partial charge in [0.1, 0.15) is 0 Å². The van der Waals surface area contributed by atoms with Gasteiger partial charge in [-0.1, -0.05) is 51.0 Å². The molecule has 1 unspecified atom stereocenters. The normalized spacial score (nSPS) is 14.8. The van der Waals surface area contributed by atoms with Crippen LogP contribution in [0.15, 0.2) is 24.3 Å². The van der Waals surface area contributed by atoms with Crippen LogP contribution in [0.4, 0.5) is 0 Å². The molecule has 0 heteroatoms. The molecule has 0 fully saturated rings. The zero-order valence-corrected chi connectivity index (χ0v) is 8.01. The molecule has 0 aliphatic rings. The third kappa shape index (κ3) is 7.38. The number of unbranched alkanes of at least 4 members (excludes halogenated alkanes) is 1. The molecule has 0 amide bonds. The lowest BCUT2D eigenvalue weighted by Crippen LogP contribution is -1.87. The maximum Gasteiger partial charge on any atom is -0.0259 e. The smallest absolute Gasteiger partial charge is 0.0259 e. The molecule has 0 radical (unpaired) electrons. The quantitative estimate of drug-likeness (QED) is 0.523. The van der Waals surface area contributed by atoms with Crippen LogP contribution in [0.1, 0.15) is 40.0 Å². The molecule has 0 rings (SSSR count). The summed E-state index contributed by atoms with van der Waals surface area (Å²) in [5.41, 5.74) is 0. The molecule has 0 saturated carbocycles. The van der Waals surface area contributed by atoms with Gasteiger partial charge in [-0.3, -0.25) is 0 Å². The van der Waals surface area contributed by atoms with Crippen LogP contribution in [0.3, 0.4) is 0 Å². The highest BCUT2D eigenvalue weighted by atomic mass is 14.0. The van der Waals surface area contributed by atoms with Crippen molar-refractivity contribution in [2.24, 2.45) is 5.92 Å².